The van der Waals surface area contributed by atoms with Crippen molar-refractivity contribution < 1.29 is 9.90 Å². The fraction of sp³-hybridized carbons (Fsp3) is 0. The average Bonchev–Trinajstić information content (AvgIpc) is 2.38. The second-order valence-corrected chi connectivity index (χ2v) is 6.48. The summed E-state index contributed by atoms with van der Waals surface area (Å²) in [5, 5.41) is 13.3. The van der Waals surface area contributed by atoms with E-state index in [9.17, 15) is 9.90 Å². The largest absolute Gasteiger partial charge is 0.506 e. The lowest BCUT2D eigenvalue weighted by Gasteiger charge is -2.10. The molecule has 0 fully saturated rings. The van der Waals surface area contributed by atoms with Crippen LogP contribution < -0.4 is 5.32 Å². The fourth-order valence-corrected chi connectivity index (χ4v) is 3.08. The number of benzene rings is 2. The number of nitrogens with one attached hydrogen (secondary N) is 1. The summed E-state index contributed by atoms with van der Waals surface area (Å²) in [4.78, 5) is 12.2. The molecule has 0 aromatic heterocycles. The highest BCUT2D eigenvalue weighted by Gasteiger charge is 2.16. The van der Waals surface area contributed by atoms with Gasteiger partial charge in [-0.05, 0) is 46.3 Å². The van der Waals surface area contributed by atoms with Crippen LogP contribution in [0.3, 0.4) is 0 Å². The molecule has 104 valence electrons. The topological polar surface area (TPSA) is 49.3 Å². The van der Waals surface area contributed by atoms with Crippen LogP contribution in [0.5, 0.6) is 5.75 Å². The first-order valence-corrected chi connectivity index (χ1v) is 7.67. The lowest BCUT2D eigenvalue weighted by molar-refractivity contribution is 0.102. The number of aromatic hydroxyl groups is 1. The van der Waals surface area contributed by atoms with Crippen molar-refractivity contribution >= 4 is 66.7 Å². The van der Waals surface area contributed by atoms with Gasteiger partial charge in [0.05, 0.1) is 20.7 Å². The number of amides is 1. The van der Waals surface area contributed by atoms with Crippen molar-refractivity contribution in [2.45, 2.75) is 0 Å². The van der Waals surface area contributed by atoms with E-state index < -0.39 is 5.91 Å². The van der Waals surface area contributed by atoms with Crippen molar-refractivity contribution in [1.29, 1.82) is 0 Å². The van der Waals surface area contributed by atoms with Gasteiger partial charge in [-0.3, -0.25) is 4.79 Å². The Labute approximate surface area is 142 Å². The van der Waals surface area contributed by atoms with Crippen LogP contribution in [0.25, 0.3) is 0 Å². The van der Waals surface area contributed by atoms with Gasteiger partial charge >= 0.3 is 0 Å². The van der Waals surface area contributed by atoms with E-state index in [1.54, 1.807) is 18.2 Å². The van der Waals surface area contributed by atoms with E-state index in [1.807, 2.05) is 0 Å². The van der Waals surface area contributed by atoms with Crippen LogP contribution >= 0.6 is 55.1 Å². The van der Waals surface area contributed by atoms with E-state index >= 15 is 0 Å². The van der Waals surface area contributed by atoms with E-state index in [0.29, 0.717) is 24.7 Å². The van der Waals surface area contributed by atoms with Gasteiger partial charge in [0.15, 0.2) is 0 Å². The molecule has 2 aromatic rings. The zero-order chi connectivity index (χ0) is 14.9. The van der Waals surface area contributed by atoms with Crippen molar-refractivity contribution in [1.82, 2.24) is 0 Å². The minimum absolute atomic E-state index is 0.113. The fourth-order valence-electron chi connectivity index (χ4n) is 1.52. The summed E-state index contributed by atoms with van der Waals surface area (Å²) in [6.45, 7) is 0. The van der Waals surface area contributed by atoms with Crippen LogP contribution in [0.4, 0.5) is 5.69 Å². The molecule has 2 aromatic carbocycles. The Bertz CT molecular complexity index is 692. The molecule has 0 radical (unpaired) electrons. The number of carbonyl (C=O) groups excluding carboxylic acids is 1. The van der Waals surface area contributed by atoms with Crippen LogP contribution in [-0.2, 0) is 0 Å². The molecule has 2 rings (SSSR count). The summed E-state index contributed by atoms with van der Waals surface area (Å²) >= 11 is 18.3. The second-order valence-electron chi connectivity index (χ2n) is 3.86. The maximum absolute atomic E-state index is 12.2. The van der Waals surface area contributed by atoms with E-state index in [4.69, 9.17) is 23.2 Å². The zero-order valence-electron chi connectivity index (χ0n) is 9.75. The van der Waals surface area contributed by atoms with Gasteiger partial charge in [0.1, 0.15) is 5.75 Å². The average molecular weight is 440 g/mol. The van der Waals surface area contributed by atoms with Crippen LogP contribution in [0.2, 0.25) is 10.0 Å². The molecule has 0 saturated carbocycles. The molecule has 0 heterocycles. The number of hydrogen-bond donors (Lipinski definition) is 2. The summed E-state index contributed by atoms with van der Waals surface area (Å²) in [7, 11) is 0. The smallest absolute Gasteiger partial charge is 0.259 e. The van der Waals surface area contributed by atoms with Crippen LogP contribution in [-0.4, -0.2) is 11.0 Å². The summed E-state index contributed by atoms with van der Waals surface area (Å²) in [5.41, 5.74) is 0.488. The highest BCUT2D eigenvalue weighted by molar-refractivity contribution is 9.11. The highest BCUT2D eigenvalue weighted by Crippen LogP contribution is 2.33. The molecule has 0 spiro atoms. The first-order valence-electron chi connectivity index (χ1n) is 5.33. The number of phenols is 1. The van der Waals surface area contributed by atoms with Gasteiger partial charge in [-0.15, -0.1) is 0 Å². The molecule has 0 aliphatic heterocycles. The van der Waals surface area contributed by atoms with Crippen LogP contribution in [0, 0.1) is 0 Å². The van der Waals surface area contributed by atoms with Gasteiger partial charge in [-0.25, -0.2) is 0 Å². The molecule has 0 saturated heterocycles. The molecule has 2 N–H and O–H groups in total. The number of phenolic OH excluding ortho intramolecular Hbond substituents is 1. The number of hydrogen-bond acceptors (Lipinski definition) is 2. The summed E-state index contributed by atoms with van der Waals surface area (Å²) in [5.74, 6) is -0.641. The third kappa shape index (κ3) is 3.47. The third-order valence-electron chi connectivity index (χ3n) is 2.45. The van der Waals surface area contributed by atoms with E-state index in [0.717, 1.165) is 0 Å². The molecule has 1 amide bonds. The molecule has 7 heteroatoms. The van der Waals surface area contributed by atoms with Crippen molar-refractivity contribution in [2.75, 3.05) is 5.32 Å². The third-order valence-corrected chi connectivity index (χ3v) is 4.08. The molecule has 0 aliphatic carbocycles. The summed E-state index contributed by atoms with van der Waals surface area (Å²) in [6.07, 6.45) is 0. The minimum Gasteiger partial charge on any atom is -0.506 e. The Morgan fingerprint density at radius 3 is 2.55 bits per heavy atom. The Kier molecular flexibility index (Phi) is 4.96. The lowest BCUT2D eigenvalue weighted by atomic mass is 10.2. The quantitative estimate of drug-likeness (QED) is 0.651. The number of halogens is 4. The molecule has 0 aliphatic rings. The Hall–Kier alpha value is -0.750. The Balaban J connectivity index is 2.35. The predicted octanol–water partition coefficient (Wildman–Crippen LogP) is 5.48. The van der Waals surface area contributed by atoms with Gasteiger partial charge in [0, 0.05) is 9.50 Å². The van der Waals surface area contributed by atoms with E-state index in [1.165, 1.54) is 12.1 Å². The molecule has 0 atom stereocenters. The number of anilines is 1. The summed E-state index contributed by atoms with van der Waals surface area (Å²) < 4.78 is 1.07. The van der Waals surface area contributed by atoms with Crippen LogP contribution in [0.15, 0.2) is 39.3 Å². The predicted molar refractivity (Wildman–Crippen MR) is 87.9 cm³/mol. The molecular formula is C13H7Br2Cl2NO2. The molecule has 20 heavy (non-hydrogen) atoms. The number of carbonyl (C=O) groups is 1. The first-order chi connectivity index (χ1) is 9.38. The van der Waals surface area contributed by atoms with Crippen LogP contribution in [0.1, 0.15) is 10.4 Å². The second kappa shape index (κ2) is 6.35. The van der Waals surface area contributed by atoms with E-state index in [2.05, 4.69) is 37.2 Å². The number of rotatable bonds is 2. The van der Waals surface area contributed by atoms with E-state index in [-0.39, 0.29) is 11.3 Å². The van der Waals surface area contributed by atoms with Gasteiger partial charge in [0.2, 0.25) is 0 Å². The van der Waals surface area contributed by atoms with Crippen molar-refractivity contribution in [3.05, 3.63) is 54.9 Å². The van der Waals surface area contributed by atoms with Crippen molar-refractivity contribution in [3.63, 3.8) is 0 Å². The van der Waals surface area contributed by atoms with Gasteiger partial charge in [-0.1, -0.05) is 39.1 Å². The standard InChI is InChI=1S/C13H7Br2Cl2NO2/c14-6-3-8(12(19)9(15)4-6)13(20)18-11-5-7(16)1-2-10(11)17/h1-5,19H,(H,18,20). The maximum atomic E-state index is 12.2. The monoisotopic (exact) mass is 437 g/mol. The highest BCUT2D eigenvalue weighted by atomic mass is 79.9. The van der Waals surface area contributed by atoms with Gasteiger partial charge < -0.3 is 10.4 Å². The maximum Gasteiger partial charge on any atom is 0.259 e. The molecule has 0 unspecified atom stereocenters. The SMILES string of the molecule is O=C(Nc1cc(Cl)ccc1Cl)c1cc(Br)cc(Br)c1O. The molecule has 3 nitrogen and oxygen atoms in total. The Morgan fingerprint density at radius 2 is 1.85 bits per heavy atom. The van der Waals surface area contributed by atoms with Gasteiger partial charge in [0.25, 0.3) is 5.91 Å². The van der Waals surface area contributed by atoms with Gasteiger partial charge in [-0.2, -0.15) is 0 Å². The first kappa shape index (κ1) is 15.6. The normalized spacial score (nSPS) is 10.4. The Morgan fingerprint density at radius 1 is 1.15 bits per heavy atom. The van der Waals surface area contributed by atoms with Crippen molar-refractivity contribution in [3.8, 4) is 5.75 Å². The summed E-state index contributed by atoms with van der Waals surface area (Å²) in [6, 6.07) is 7.88. The molecule has 0 bridgehead atoms. The zero-order valence-corrected chi connectivity index (χ0v) is 14.4. The minimum atomic E-state index is -0.492. The van der Waals surface area contributed by atoms with Crippen molar-refractivity contribution in [2.24, 2.45) is 0 Å². The molecular weight excluding hydrogens is 433 g/mol. The lowest BCUT2D eigenvalue weighted by Crippen LogP contribution is -2.12.